The number of carbonyl (C=O) groups is 1. The third-order valence-electron chi connectivity index (χ3n) is 4.84. The fraction of sp³-hybridized carbons (Fsp3) is 0.421. The zero-order valence-electron chi connectivity index (χ0n) is 14.9. The van der Waals surface area contributed by atoms with Gasteiger partial charge in [-0.2, -0.15) is 0 Å². The van der Waals surface area contributed by atoms with E-state index in [2.05, 4.69) is 10.0 Å². The fourth-order valence-electron chi connectivity index (χ4n) is 3.31. The molecule has 1 saturated heterocycles. The number of sulfonamides is 1. The van der Waals surface area contributed by atoms with E-state index in [0.717, 1.165) is 30.2 Å². The van der Waals surface area contributed by atoms with Gasteiger partial charge in [-0.15, -0.1) is 0 Å². The molecule has 1 aliphatic rings. The van der Waals surface area contributed by atoms with Crippen molar-refractivity contribution in [1.82, 2.24) is 14.9 Å². The van der Waals surface area contributed by atoms with Crippen molar-refractivity contribution in [2.75, 3.05) is 26.7 Å². The second-order valence-electron chi connectivity index (χ2n) is 6.62. The maximum Gasteiger partial charge on any atom is 0.240 e. The molecule has 26 heavy (non-hydrogen) atoms. The Morgan fingerprint density at radius 1 is 1.19 bits per heavy atom. The molecule has 0 bridgehead atoms. The number of carbonyl (C=O) groups excluding carboxylic acids is 1. The summed E-state index contributed by atoms with van der Waals surface area (Å²) in [5.74, 6) is -0.00818. The van der Waals surface area contributed by atoms with Crippen LogP contribution >= 0.6 is 0 Å². The van der Waals surface area contributed by atoms with Crippen molar-refractivity contribution in [3.05, 3.63) is 42.5 Å². The van der Waals surface area contributed by atoms with Crippen LogP contribution in [0.3, 0.4) is 0 Å². The normalized spacial score (nSPS) is 18.2. The molecule has 1 unspecified atom stereocenters. The Hall–Kier alpha value is -1.96. The van der Waals surface area contributed by atoms with Crippen LogP contribution in [0.5, 0.6) is 0 Å². The molecule has 1 amide bonds. The van der Waals surface area contributed by atoms with Crippen molar-refractivity contribution in [3.63, 3.8) is 0 Å². The summed E-state index contributed by atoms with van der Waals surface area (Å²) in [4.78, 5) is 14.4. The van der Waals surface area contributed by atoms with E-state index in [9.17, 15) is 13.2 Å². The molecule has 2 aromatic carbocycles. The van der Waals surface area contributed by atoms with Crippen LogP contribution in [0, 0.1) is 0 Å². The van der Waals surface area contributed by atoms with E-state index in [0.29, 0.717) is 12.6 Å². The molecule has 0 spiro atoms. The summed E-state index contributed by atoms with van der Waals surface area (Å²) < 4.78 is 27.5. The summed E-state index contributed by atoms with van der Waals surface area (Å²) in [6.45, 7) is 1.54. The Morgan fingerprint density at radius 3 is 2.73 bits per heavy atom. The molecule has 0 aromatic heterocycles. The van der Waals surface area contributed by atoms with Gasteiger partial charge in [-0.25, -0.2) is 13.1 Å². The number of nitrogens with zero attached hydrogens (tertiary/aromatic N) is 1. The molecular formula is C19H25N3O3S. The largest absolute Gasteiger partial charge is 0.341 e. The highest BCUT2D eigenvalue weighted by atomic mass is 32.2. The molecule has 6 nitrogen and oxygen atoms in total. The van der Waals surface area contributed by atoms with Crippen LogP contribution in [0.4, 0.5) is 0 Å². The maximum atomic E-state index is 12.5. The summed E-state index contributed by atoms with van der Waals surface area (Å²) >= 11 is 0. The van der Waals surface area contributed by atoms with Gasteiger partial charge in [0.25, 0.3) is 0 Å². The van der Waals surface area contributed by atoms with Gasteiger partial charge < -0.3 is 10.2 Å². The van der Waals surface area contributed by atoms with Crippen LogP contribution in [0.15, 0.2) is 47.4 Å². The summed E-state index contributed by atoms with van der Waals surface area (Å²) in [7, 11) is -1.73. The summed E-state index contributed by atoms with van der Waals surface area (Å²) in [5.41, 5.74) is 0. The van der Waals surface area contributed by atoms with Crippen LogP contribution in [0.1, 0.15) is 19.3 Å². The van der Waals surface area contributed by atoms with Gasteiger partial charge in [-0.1, -0.05) is 30.3 Å². The van der Waals surface area contributed by atoms with E-state index in [1.54, 1.807) is 18.2 Å². The van der Waals surface area contributed by atoms with Crippen molar-refractivity contribution >= 4 is 26.7 Å². The number of hydrogen-bond donors (Lipinski definition) is 2. The lowest BCUT2D eigenvalue weighted by Gasteiger charge is -2.32. The first-order chi connectivity index (χ1) is 12.5. The van der Waals surface area contributed by atoms with Crippen LogP contribution in [0.25, 0.3) is 10.8 Å². The van der Waals surface area contributed by atoms with Crippen molar-refractivity contribution in [3.8, 4) is 0 Å². The van der Waals surface area contributed by atoms with Crippen LogP contribution in [-0.4, -0.2) is 51.9 Å². The van der Waals surface area contributed by atoms with Gasteiger partial charge in [-0.3, -0.25) is 4.79 Å². The minimum Gasteiger partial charge on any atom is -0.341 e. The molecule has 3 rings (SSSR count). The molecule has 2 N–H and O–H groups in total. The molecule has 0 aliphatic carbocycles. The minimum absolute atomic E-state index is 0.00818. The Morgan fingerprint density at radius 2 is 1.96 bits per heavy atom. The highest BCUT2D eigenvalue weighted by Crippen LogP contribution is 2.19. The third-order valence-corrected chi connectivity index (χ3v) is 6.30. The van der Waals surface area contributed by atoms with Crippen LogP contribution in [0.2, 0.25) is 0 Å². The molecular weight excluding hydrogens is 350 g/mol. The quantitative estimate of drug-likeness (QED) is 0.806. The first-order valence-electron chi connectivity index (χ1n) is 8.93. The molecule has 1 fully saturated rings. The number of amides is 1. The lowest BCUT2D eigenvalue weighted by atomic mass is 10.1. The smallest absolute Gasteiger partial charge is 0.240 e. The topological polar surface area (TPSA) is 78.5 Å². The minimum atomic E-state index is -3.63. The Labute approximate surface area is 154 Å². The summed E-state index contributed by atoms with van der Waals surface area (Å²) in [6.07, 6.45) is 2.21. The van der Waals surface area contributed by atoms with Gasteiger partial charge in [0.15, 0.2) is 0 Å². The van der Waals surface area contributed by atoms with Crippen molar-refractivity contribution < 1.29 is 13.2 Å². The standard InChI is InChI=1S/C19H25N3O3S/c1-20-17-7-4-12-22(14-17)19(23)10-11-21-26(24,25)18-9-8-15-5-2-3-6-16(15)13-18/h2-3,5-6,8-9,13,17,20-21H,4,7,10-12,14H2,1H3. The van der Waals surface area contributed by atoms with E-state index in [4.69, 9.17) is 0 Å². The Kier molecular flexibility index (Phi) is 5.90. The van der Waals surface area contributed by atoms with E-state index in [1.807, 2.05) is 36.2 Å². The zero-order chi connectivity index (χ0) is 18.6. The monoisotopic (exact) mass is 375 g/mol. The highest BCUT2D eigenvalue weighted by Gasteiger charge is 2.23. The van der Waals surface area contributed by atoms with E-state index < -0.39 is 10.0 Å². The second kappa shape index (κ2) is 8.16. The van der Waals surface area contributed by atoms with E-state index >= 15 is 0 Å². The third kappa shape index (κ3) is 4.41. The molecule has 2 aromatic rings. The van der Waals surface area contributed by atoms with E-state index in [1.165, 1.54) is 0 Å². The second-order valence-corrected chi connectivity index (χ2v) is 8.39. The fourth-order valence-corrected chi connectivity index (χ4v) is 4.37. The van der Waals surface area contributed by atoms with Gasteiger partial charge in [0.05, 0.1) is 4.90 Å². The van der Waals surface area contributed by atoms with Crippen molar-refractivity contribution in [2.24, 2.45) is 0 Å². The first kappa shape index (κ1) is 18.8. The molecule has 1 heterocycles. The van der Waals surface area contributed by atoms with Gasteiger partial charge >= 0.3 is 0 Å². The number of likely N-dealkylation sites (N-methyl/N-ethyl adjacent to an activating group) is 1. The predicted octanol–water partition coefficient (Wildman–Crippen LogP) is 1.72. The van der Waals surface area contributed by atoms with E-state index in [-0.39, 0.29) is 23.8 Å². The number of benzene rings is 2. The average Bonchev–Trinajstić information content (AvgIpc) is 2.67. The zero-order valence-corrected chi connectivity index (χ0v) is 15.8. The summed E-state index contributed by atoms with van der Waals surface area (Å²) in [5, 5.41) is 5.06. The van der Waals surface area contributed by atoms with Gasteiger partial charge in [0.1, 0.15) is 0 Å². The molecule has 7 heteroatoms. The number of likely N-dealkylation sites (tertiary alicyclic amines) is 1. The number of fused-ring (bicyclic) bond motifs is 1. The lowest BCUT2D eigenvalue weighted by molar-refractivity contribution is -0.132. The number of nitrogens with one attached hydrogen (secondary N) is 2. The molecule has 0 saturated carbocycles. The molecule has 1 aliphatic heterocycles. The Balaban J connectivity index is 1.58. The summed E-state index contributed by atoms with van der Waals surface area (Å²) in [6, 6.07) is 13.0. The maximum absolute atomic E-state index is 12.5. The van der Waals surface area contributed by atoms with Crippen LogP contribution < -0.4 is 10.0 Å². The Bertz CT molecular complexity index is 882. The van der Waals surface area contributed by atoms with Crippen molar-refractivity contribution in [1.29, 1.82) is 0 Å². The predicted molar refractivity (Wildman–Crippen MR) is 102 cm³/mol. The number of hydrogen-bond acceptors (Lipinski definition) is 4. The van der Waals surface area contributed by atoms with Gasteiger partial charge in [0, 0.05) is 32.1 Å². The van der Waals surface area contributed by atoms with Gasteiger partial charge in [0.2, 0.25) is 15.9 Å². The van der Waals surface area contributed by atoms with Crippen LogP contribution in [-0.2, 0) is 14.8 Å². The highest BCUT2D eigenvalue weighted by molar-refractivity contribution is 7.89. The first-order valence-corrected chi connectivity index (χ1v) is 10.4. The SMILES string of the molecule is CNC1CCCN(C(=O)CCNS(=O)(=O)c2ccc3ccccc3c2)C1. The average molecular weight is 375 g/mol. The number of piperidine rings is 1. The molecule has 140 valence electrons. The number of rotatable bonds is 6. The lowest BCUT2D eigenvalue weighted by Crippen LogP contribution is -2.47. The molecule has 0 radical (unpaired) electrons. The van der Waals surface area contributed by atoms with Gasteiger partial charge in [-0.05, 0) is 42.8 Å². The van der Waals surface area contributed by atoms with Crippen molar-refractivity contribution in [2.45, 2.75) is 30.2 Å². The molecule has 1 atom stereocenters.